The van der Waals surface area contributed by atoms with Gasteiger partial charge in [-0.25, -0.2) is 0 Å². The topological polar surface area (TPSA) is 20.3 Å². The van der Waals surface area contributed by atoms with Crippen LogP contribution in [0.4, 0.5) is 0 Å². The predicted molar refractivity (Wildman–Crippen MR) is 88.8 cm³/mol. The summed E-state index contributed by atoms with van der Waals surface area (Å²) in [6, 6.07) is 9.23. The van der Waals surface area contributed by atoms with Crippen LogP contribution in [-0.2, 0) is 6.54 Å². The van der Waals surface area contributed by atoms with Gasteiger partial charge in [0.25, 0.3) is 0 Å². The first-order valence-electron chi connectivity index (χ1n) is 6.25. The van der Waals surface area contributed by atoms with Gasteiger partial charge in [0, 0.05) is 44.8 Å². The van der Waals surface area contributed by atoms with Crippen LogP contribution < -0.4 is 0 Å². The molecule has 0 aliphatic heterocycles. The van der Waals surface area contributed by atoms with E-state index < -0.39 is 0 Å². The highest BCUT2D eigenvalue weighted by molar-refractivity contribution is 9.10. The number of ketones is 1. The van der Waals surface area contributed by atoms with Gasteiger partial charge >= 0.3 is 0 Å². The molecule has 1 aromatic carbocycles. The van der Waals surface area contributed by atoms with Crippen molar-refractivity contribution in [3.63, 3.8) is 0 Å². The van der Waals surface area contributed by atoms with Gasteiger partial charge in [-0.15, -0.1) is 11.3 Å². The molecule has 0 saturated carbocycles. The summed E-state index contributed by atoms with van der Waals surface area (Å²) in [6.07, 6.45) is 0.503. The largest absolute Gasteiger partial charge is 0.301 e. The highest BCUT2D eigenvalue weighted by Gasteiger charge is 2.09. The lowest BCUT2D eigenvalue weighted by atomic mass is 10.1. The smallest absolute Gasteiger partial charge is 0.164 e. The fourth-order valence-corrected chi connectivity index (χ4v) is 3.60. The van der Waals surface area contributed by atoms with E-state index >= 15 is 0 Å². The van der Waals surface area contributed by atoms with Gasteiger partial charge < -0.3 is 4.90 Å². The Morgan fingerprint density at radius 3 is 2.85 bits per heavy atom. The van der Waals surface area contributed by atoms with Gasteiger partial charge in [0.15, 0.2) is 5.78 Å². The van der Waals surface area contributed by atoms with Crippen LogP contribution in [-0.4, -0.2) is 24.3 Å². The van der Waals surface area contributed by atoms with Crippen LogP contribution in [0.15, 0.2) is 40.2 Å². The minimum absolute atomic E-state index is 0.131. The van der Waals surface area contributed by atoms with E-state index in [0.29, 0.717) is 17.0 Å². The van der Waals surface area contributed by atoms with E-state index in [2.05, 4.69) is 32.3 Å². The minimum Gasteiger partial charge on any atom is -0.301 e. The molecule has 20 heavy (non-hydrogen) atoms. The van der Waals surface area contributed by atoms with Crippen LogP contribution >= 0.6 is 38.9 Å². The minimum atomic E-state index is 0.131. The molecule has 0 aliphatic rings. The first kappa shape index (κ1) is 15.7. The molecule has 0 amide bonds. The zero-order chi connectivity index (χ0) is 14.5. The predicted octanol–water partition coefficient (Wildman–Crippen LogP) is 4.87. The summed E-state index contributed by atoms with van der Waals surface area (Å²) in [6.45, 7) is 1.60. The van der Waals surface area contributed by atoms with Crippen LogP contribution in [0.5, 0.6) is 0 Å². The summed E-state index contributed by atoms with van der Waals surface area (Å²) < 4.78 is 1.11. The maximum Gasteiger partial charge on any atom is 0.164 e. The molecule has 1 aromatic heterocycles. The Labute approximate surface area is 136 Å². The van der Waals surface area contributed by atoms with Gasteiger partial charge in [-0.1, -0.05) is 23.7 Å². The normalized spacial score (nSPS) is 11.0. The summed E-state index contributed by atoms with van der Waals surface area (Å²) in [5, 5.41) is 2.67. The Morgan fingerprint density at radius 2 is 2.20 bits per heavy atom. The molecule has 1 heterocycles. The number of nitrogens with zero attached hydrogens (tertiary/aromatic N) is 1. The van der Waals surface area contributed by atoms with E-state index in [0.717, 1.165) is 17.6 Å². The van der Waals surface area contributed by atoms with Gasteiger partial charge in [0.1, 0.15) is 0 Å². The summed E-state index contributed by atoms with van der Waals surface area (Å²) in [5.41, 5.74) is 0.685. The third-order valence-electron chi connectivity index (χ3n) is 2.91. The Kier molecular flexibility index (Phi) is 5.78. The number of hydrogen-bond donors (Lipinski definition) is 0. The third kappa shape index (κ3) is 4.70. The highest BCUT2D eigenvalue weighted by atomic mass is 79.9. The number of rotatable bonds is 6. The number of halogens is 2. The average molecular weight is 373 g/mol. The molecule has 106 valence electrons. The first-order chi connectivity index (χ1) is 9.54. The van der Waals surface area contributed by atoms with Gasteiger partial charge in [0.2, 0.25) is 0 Å². The Bertz CT molecular complexity index is 599. The van der Waals surface area contributed by atoms with E-state index in [1.165, 1.54) is 4.88 Å². The maximum atomic E-state index is 12.1. The van der Waals surface area contributed by atoms with Crippen LogP contribution in [0.25, 0.3) is 0 Å². The van der Waals surface area contributed by atoms with Crippen LogP contribution in [0.1, 0.15) is 21.7 Å². The fraction of sp³-hybridized carbons (Fsp3) is 0.267. The van der Waals surface area contributed by atoms with Crippen molar-refractivity contribution in [3.05, 3.63) is 55.6 Å². The first-order valence-corrected chi connectivity index (χ1v) is 8.30. The molecular weight excluding hydrogens is 358 g/mol. The number of benzene rings is 1. The molecule has 0 N–H and O–H groups in total. The van der Waals surface area contributed by atoms with Gasteiger partial charge in [-0.05, 0) is 41.2 Å². The Balaban J connectivity index is 1.84. The lowest BCUT2D eigenvalue weighted by molar-refractivity contribution is 0.0968. The van der Waals surface area contributed by atoms with Crippen molar-refractivity contribution < 1.29 is 4.79 Å². The lowest BCUT2D eigenvalue weighted by Gasteiger charge is -2.14. The zero-order valence-electron chi connectivity index (χ0n) is 11.1. The van der Waals surface area contributed by atoms with E-state index in [-0.39, 0.29) is 5.78 Å². The summed E-state index contributed by atoms with van der Waals surface area (Å²) >= 11 is 11.1. The molecule has 0 radical (unpaired) electrons. The number of thiophene rings is 1. The molecular formula is C15H15BrClNOS. The summed E-state index contributed by atoms with van der Waals surface area (Å²) in [4.78, 5) is 15.5. The van der Waals surface area contributed by atoms with E-state index in [4.69, 9.17) is 11.6 Å². The quantitative estimate of drug-likeness (QED) is 0.674. The molecule has 2 rings (SSSR count). The third-order valence-corrected chi connectivity index (χ3v) is 4.83. The molecule has 0 spiro atoms. The van der Waals surface area contributed by atoms with Gasteiger partial charge in [-0.3, -0.25) is 4.79 Å². The van der Waals surface area contributed by atoms with Crippen molar-refractivity contribution >= 4 is 44.7 Å². The molecule has 0 bridgehead atoms. The molecule has 5 heteroatoms. The highest BCUT2D eigenvalue weighted by Crippen LogP contribution is 2.21. The SMILES string of the molecule is CN(CCC(=O)c1cccc(Cl)c1)Cc1cc(Br)cs1. The number of hydrogen-bond acceptors (Lipinski definition) is 3. The van der Waals surface area contributed by atoms with Crippen molar-refractivity contribution in [2.75, 3.05) is 13.6 Å². The van der Waals surface area contributed by atoms with Crippen LogP contribution in [0.2, 0.25) is 5.02 Å². The van der Waals surface area contributed by atoms with Crippen molar-refractivity contribution in [3.8, 4) is 0 Å². The lowest BCUT2D eigenvalue weighted by Crippen LogP contribution is -2.21. The second-order valence-electron chi connectivity index (χ2n) is 4.65. The van der Waals surface area contributed by atoms with Crippen molar-refractivity contribution in [2.24, 2.45) is 0 Å². The fourth-order valence-electron chi connectivity index (χ4n) is 1.88. The molecule has 0 saturated heterocycles. The van der Waals surface area contributed by atoms with E-state index in [9.17, 15) is 4.79 Å². The number of carbonyl (C=O) groups excluding carboxylic acids is 1. The zero-order valence-corrected chi connectivity index (χ0v) is 14.3. The summed E-state index contributed by atoms with van der Waals surface area (Å²) in [7, 11) is 2.03. The standard InChI is InChI=1S/C15H15BrClNOS/c1-18(9-14-8-12(16)10-20-14)6-5-15(19)11-3-2-4-13(17)7-11/h2-4,7-8,10H,5-6,9H2,1H3. The summed E-state index contributed by atoms with van der Waals surface area (Å²) in [5.74, 6) is 0.131. The number of Topliss-reactive ketones (excluding diaryl/α,β-unsaturated/α-hetero) is 1. The van der Waals surface area contributed by atoms with Crippen molar-refractivity contribution in [2.45, 2.75) is 13.0 Å². The molecule has 0 unspecified atom stereocenters. The average Bonchev–Trinajstić information content (AvgIpc) is 2.81. The van der Waals surface area contributed by atoms with E-state index in [1.54, 1.807) is 23.5 Å². The van der Waals surface area contributed by atoms with Crippen molar-refractivity contribution in [1.29, 1.82) is 0 Å². The van der Waals surface area contributed by atoms with E-state index in [1.807, 2.05) is 19.2 Å². The molecule has 0 atom stereocenters. The molecule has 2 nitrogen and oxygen atoms in total. The van der Waals surface area contributed by atoms with Gasteiger partial charge in [-0.2, -0.15) is 0 Å². The maximum absolute atomic E-state index is 12.1. The second kappa shape index (κ2) is 7.36. The number of carbonyl (C=O) groups is 1. The van der Waals surface area contributed by atoms with Crippen molar-refractivity contribution in [1.82, 2.24) is 4.90 Å². The Hall–Kier alpha value is -0.680. The second-order valence-corrected chi connectivity index (χ2v) is 7.00. The molecule has 2 aromatic rings. The molecule has 0 fully saturated rings. The van der Waals surface area contributed by atoms with Crippen LogP contribution in [0, 0.1) is 0 Å². The monoisotopic (exact) mass is 371 g/mol. The van der Waals surface area contributed by atoms with Crippen LogP contribution in [0.3, 0.4) is 0 Å². The van der Waals surface area contributed by atoms with Gasteiger partial charge in [0.05, 0.1) is 0 Å². The molecule has 0 aliphatic carbocycles. The Morgan fingerprint density at radius 1 is 1.40 bits per heavy atom.